The highest BCUT2D eigenvalue weighted by Gasteiger charge is 2.04. The lowest BCUT2D eigenvalue weighted by molar-refractivity contribution is 0.627. The lowest BCUT2D eigenvalue weighted by Crippen LogP contribution is -2.03. The van der Waals surface area contributed by atoms with E-state index in [2.05, 4.69) is 15.3 Å². The van der Waals surface area contributed by atoms with Crippen molar-refractivity contribution < 1.29 is 4.39 Å². The molecule has 4 nitrogen and oxygen atoms in total. The molecule has 0 fully saturated rings. The Kier molecular flexibility index (Phi) is 3.66. The van der Waals surface area contributed by atoms with Crippen molar-refractivity contribution in [1.82, 2.24) is 14.9 Å². The van der Waals surface area contributed by atoms with E-state index in [-0.39, 0.29) is 5.82 Å². The summed E-state index contributed by atoms with van der Waals surface area (Å²) in [5, 5.41) is 11.2. The first-order valence-electron chi connectivity index (χ1n) is 5.59. The van der Waals surface area contributed by atoms with Crippen molar-refractivity contribution in [2.75, 3.05) is 0 Å². The molecule has 0 aliphatic carbocycles. The molecular formula is C12H13FN4S. The van der Waals surface area contributed by atoms with Crippen LogP contribution in [0.1, 0.15) is 25.2 Å². The van der Waals surface area contributed by atoms with Gasteiger partial charge in [0.15, 0.2) is 5.82 Å². The van der Waals surface area contributed by atoms with E-state index in [0.717, 1.165) is 23.5 Å². The highest BCUT2D eigenvalue weighted by Crippen LogP contribution is 2.06. The van der Waals surface area contributed by atoms with Gasteiger partial charge >= 0.3 is 0 Å². The number of hydrogen-bond acceptors (Lipinski definition) is 3. The molecule has 94 valence electrons. The van der Waals surface area contributed by atoms with Gasteiger partial charge in [0.2, 0.25) is 4.77 Å². The number of aryl methyl sites for hydroxylation is 1. The largest absolute Gasteiger partial charge is 0.250 e. The minimum absolute atomic E-state index is 0.263. The Morgan fingerprint density at radius 3 is 2.72 bits per heavy atom. The maximum atomic E-state index is 12.8. The maximum absolute atomic E-state index is 12.8. The van der Waals surface area contributed by atoms with Crippen LogP contribution in [0.4, 0.5) is 4.39 Å². The van der Waals surface area contributed by atoms with Gasteiger partial charge < -0.3 is 0 Å². The zero-order valence-corrected chi connectivity index (χ0v) is 11.0. The number of H-pyrrole nitrogens is 1. The summed E-state index contributed by atoms with van der Waals surface area (Å²) in [6, 6.07) is 6.18. The number of aromatic amines is 1. The van der Waals surface area contributed by atoms with Gasteiger partial charge in [-0.15, -0.1) is 0 Å². The van der Waals surface area contributed by atoms with E-state index in [1.54, 1.807) is 16.8 Å². The predicted octanol–water partition coefficient (Wildman–Crippen LogP) is 2.91. The van der Waals surface area contributed by atoms with Gasteiger partial charge in [0, 0.05) is 6.42 Å². The molecule has 1 aromatic carbocycles. The quantitative estimate of drug-likeness (QED) is 0.684. The van der Waals surface area contributed by atoms with E-state index in [0.29, 0.717) is 4.77 Å². The molecule has 0 aliphatic rings. The molecule has 6 heteroatoms. The Morgan fingerprint density at radius 2 is 2.11 bits per heavy atom. The minimum Gasteiger partial charge on any atom is -0.250 e. The maximum Gasteiger partial charge on any atom is 0.216 e. The molecule has 0 amide bonds. The van der Waals surface area contributed by atoms with Crippen LogP contribution in [0.3, 0.4) is 0 Å². The number of halogens is 1. The van der Waals surface area contributed by atoms with Gasteiger partial charge in [0.05, 0.1) is 5.71 Å². The zero-order valence-electron chi connectivity index (χ0n) is 10.1. The van der Waals surface area contributed by atoms with Crippen LogP contribution >= 0.6 is 12.2 Å². The summed E-state index contributed by atoms with van der Waals surface area (Å²) in [5.41, 5.74) is 1.60. The number of nitrogens with zero attached hydrogens (tertiary/aromatic N) is 3. The van der Waals surface area contributed by atoms with Crippen LogP contribution in [0, 0.1) is 10.6 Å². The summed E-state index contributed by atoms with van der Waals surface area (Å²) >= 11 is 5.11. The highest BCUT2D eigenvalue weighted by atomic mass is 32.1. The van der Waals surface area contributed by atoms with Gasteiger partial charge in [0.25, 0.3) is 0 Å². The average Bonchev–Trinajstić information content (AvgIpc) is 2.71. The second-order valence-corrected chi connectivity index (χ2v) is 4.19. The van der Waals surface area contributed by atoms with Gasteiger partial charge in [-0.25, -0.2) is 4.39 Å². The van der Waals surface area contributed by atoms with Crippen LogP contribution < -0.4 is 0 Å². The molecule has 2 aromatic rings. The van der Waals surface area contributed by atoms with Crippen molar-refractivity contribution in [3.8, 4) is 0 Å². The molecule has 0 radical (unpaired) electrons. The summed E-state index contributed by atoms with van der Waals surface area (Å²) in [6.45, 7) is 3.83. The molecule has 18 heavy (non-hydrogen) atoms. The van der Waals surface area contributed by atoms with Crippen LogP contribution in [0.5, 0.6) is 0 Å². The Hall–Kier alpha value is -1.82. The van der Waals surface area contributed by atoms with E-state index < -0.39 is 0 Å². The van der Waals surface area contributed by atoms with Crippen LogP contribution in [-0.4, -0.2) is 20.6 Å². The second-order valence-electron chi connectivity index (χ2n) is 3.80. The molecular weight excluding hydrogens is 251 g/mol. The monoisotopic (exact) mass is 264 g/mol. The molecule has 1 N–H and O–H groups in total. The van der Waals surface area contributed by atoms with Crippen LogP contribution in [-0.2, 0) is 6.42 Å². The van der Waals surface area contributed by atoms with E-state index >= 15 is 0 Å². The minimum atomic E-state index is -0.263. The third kappa shape index (κ3) is 2.53. The molecule has 1 aromatic heterocycles. The van der Waals surface area contributed by atoms with Crippen LogP contribution in [0.25, 0.3) is 0 Å². The van der Waals surface area contributed by atoms with Crippen molar-refractivity contribution in [2.45, 2.75) is 20.3 Å². The molecule has 0 aliphatic heterocycles. The van der Waals surface area contributed by atoms with E-state index in [9.17, 15) is 4.39 Å². The Labute approximate surface area is 109 Å². The molecule has 0 atom stereocenters. The molecule has 1 heterocycles. The smallest absolute Gasteiger partial charge is 0.216 e. The van der Waals surface area contributed by atoms with E-state index in [1.165, 1.54) is 12.1 Å². The van der Waals surface area contributed by atoms with E-state index in [4.69, 9.17) is 12.2 Å². The normalized spacial score (nSPS) is 11.8. The topological polar surface area (TPSA) is 46.0 Å². The first-order valence-corrected chi connectivity index (χ1v) is 6.00. The van der Waals surface area contributed by atoms with Gasteiger partial charge in [0.1, 0.15) is 5.82 Å². The van der Waals surface area contributed by atoms with Crippen LogP contribution in [0.2, 0.25) is 0 Å². The average molecular weight is 264 g/mol. The fraction of sp³-hybridized carbons (Fsp3) is 0.250. The van der Waals surface area contributed by atoms with Gasteiger partial charge in [-0.2, -0.15) is 14.9 Å². The number of hydrogen-bond donors (Lipinski definition) is 1. The molecule has 0 spiro atoms. The van der Waals surface area contributed by atoms with Gasteiger partial charge in [-0.05, 0) is 36.8 Å². The summed E-state index contributed by atoms with van der Waals surface area (Å²) in [5.74, 6) is 0.502. The summed E-state index contributed by atoms with van der Waals surface area (Å²) in [6.07, 6.45) is 0.730. The zero-order chi connectivity index (χ0) is 13.1. The van der Waals surface area contributed by atoms with Crippen molar-refractivity contribution in [3.05, 3.63) is 46.2 Å². The first kappa shape index (κ1) is 12.6. The Morgan fingerprint density at radius 1 is 1.44 bits per heavy atom. The standard InChI is InChI=1S/C12H13FN4S/c1-3-11-14-15-12(18)17(11)16-8(2)9-4-6-10(13)7-5-9/h4-7H,3H2,1-2H3,(H,15,18)/b16-8+. The lowest BCUT2D eigenvalue weighted by atomic mass is 10.1. The summed E-state index contributed by atoms with van der Waals surface area (Å²) < 4.78 is 14.9. The molecule has 2 rings (SSSR count). The molecule has 0 saturated heterocycles. The molecule has 0 bridgehead atoms. The van der Waals surface area contributed by atoms with E-state index in [1.807, 2.05) is 13.8 Å². The number of aromatic nitrogens is 3. The molecule has 0 saturated carbocycles. The third-order valence-corrected chi connectivity index (χ3v) is 2.81. The van der Waals surface area contributed by atoms with Crippen molar-refractivity contribution in [1.29, 1.82) is 0 Å². The fourth-order valence-corrected chi connectivity index (χ4v) is 1.75. The molecule has 0 unspecified atom stereocenters. The van der Waals surface area contributed by atoms with Crippen molar-refractivity contribution >= 4 is 17.9 Å². The summed E-state index contributed by atoms with van der Waals surface area (Å²) in [4.78, 5) is 0. The lowest BCUT2D eigenvalue weighted by Gasteiger charge is -2.02. The number of rotatable bonds is 3. The Bertz CT molecular complexity index is 624. The van der Waals surface area contributed by atoms with Crippen LogP contribution in [0.15, 0.2) is 29.4 Å². The highest BCUT2D eigenvalue weighted by molar-refractivity contribution is 7.71. The van der Waals surface area contributed by atoms with Crippen molar-refractivity contribution in [2.24, 2.45) is 5.10 Å². The van der Waals surface area contributed by atoms with Gasteiger partial charge in [-0.1, -0.05) is 19.1 Å². The van der Waals surface area contributed by atoms with Gasteiger partial charge in [-0.3, -0.25) is 5.10 Å². The summed E-state index contributed by atoms with van der Waals surface area (Å²) in [7, 11) is 0. The Balaban J connectivity index is 2.41. The number of benzene rings is 1. The number of nitrogens with one attached hydrogen (secondary N) is 1. The fourth-order valence-electron chi connectivity index (χ4n) is 1.56. The third-order valence-electron chi connectivity index (χ3n) is 2.55. The predicted molar refractivity (Wildman–Crippen MR) is 70.8 cm³/mol. The van der Waals surface area contributed by atoms with Crippen molar-refractivity contribution in [3.63, 3.8) is 0 Å². The second kappa shape index (κ2) is 5.22. The first-order chi connectivity index (χ1) is 8.61. The SMILES string of the molecule is CCc1n[nH]c(=S)n1/N=C(\C)c1ccc(F)cc1.